The molecule has 0 radical (unpaired) electrons. The van der Waals surface area contributed by atoms with Gasteiger partial charge in [0.15, 0.2) is 23.3 Å². The van der Waals surface area contributed by atoms with E-state index in [9.17, 15) is 31.5 Å². The number of amides is 2. The number of imide groups is 1. The second-order valence-electron chi connectivity index (χ2n) is 5.95. The summed E-state index contributed by atoms with van der Waals surface area (Å²) in [5.41, 5.74) is -0.468. The molecular weight excluding hydrogens is 385 g/mol. The average molecular weight is 397 g/mol. The minimum Gasteiger partial charge on any atom is -0.447 e. The first-order chi connectivity index (χ1) is 13.3. The zero-order chi connectivity index (χ0) is 20.4. The smallest absolute Gasteiger partial charge is 0.417 e. The summed E-state index contributed by atoms with van der Waals surface area (Å²) < 4.78 is 71.7. The molecule has 2 aromatic rings. The summed E-state index contributed by atoms with van der Waals surface area (Å²) in [6, 6.07) is 8.19. The minimum atomic E-state index is -2.30. The third-order valence-corrected chi connectivity index (χ3v) is 4.15. The summed E-state index contributed by atoms with van der Waals surface area (Å²) in [7, 11) is 0. The van der Waals surface area contributed by atoms with E-state index in [4.69, 9.17) is 4.74 Å². The van der Waals surface area contributed by atoms with Gasteiger partial charge in [0.05, 0.1) is 11.6 Å². The summed E-state index contributed by atoms with van der Waals surface area (Å²) in [4.78, 5) is 24.9. The van der Waals surface area contributed by atoms with Crippen LogP contribution in [0.1, 0.15) is 11.1 Å². The highest BCUT2D eigenvalue weighted by molar-refractivity contribution is 6.02. The number of rotatable bonds is 4. The van der Waals surface area contributed by atoms with Crippen LogP contribution in [0.4, 0.5) is 26.7 Å². The predicted octanol–water partition coefficient (Wildman–Crippen LogP) is 3.99. The third kappa shape index (κ3) is 3.60. The molecule has 1 aliphatic rings. The number of hydrogen-bond donors (Lipinski definition) is 0. The molecule has 9 heteroatoms. The number of benzene rings is 2. The number of carbonyl (C=O) groups is 2. The van der Waals surface area contributed by atoms with Crippen LogP contribution in [0, 0.1) is 29.1 Å². The Morgan fingerprint density at radius 2 is 1.57 bits per heavy atom. The number of ether oxygens (including phenoxy) is 1. The Hall–Kier alpha value is -3.23. The Morgan fingerprint density at radius 1 is 1.00 bits per heavy atom. The Labute approximate surface area is 155 Å². The molecular formula is C19H12F5NO3. The van der Waals surface area contributed by atoms with Crippen LogP contribution in [0.25, 0.3) is 6.08 Å². The SMILES string of the molecule is O=C(/C=C/c1c(F)c(F)c(F)c(F)c1F)N1C(=O)OC[C@H]1Cc1ccccc1. The van der Waals surface area contributed by atoms with Crippen molar-refractivity contribution in [3.05, 3.63) is 76.6 Å². The van der Waals surface area contributed by atoms with E-state index in [2.05, 4.69) is 0 Å². The van der Waals surface area contributed by atoms with Gasteiger partial charge in [-0.2, -0.15) is 0 Å². The predicted molar refractivity (Wildman–Crippen MR) is 87.4 cm³/mol. The summed E-state index contributed by atoms with van der Waals surface area (Å²) in [6.07, 6.45) is 0.300. The van der Waals surface area contributed by atoms with Gasteiger partial charge in [-0.25, -0.2) is 31.6 Å². The van der Waals surface area contributed by atoms with Crippen LogP contribution in [-0.4, -0.2) is 29.5 Å². The van der Waals surface area contributed by atoms with Crippen molar-refractivity contribution < 1.29 is 36.3 Å². The van der Waals surface area contributed by atoms with E-state index in [1.54, 1.807) is 30.3 Å². The van der Waals surface area contributed by atoms with Crippen LogP contribution >= 0.6 is 0 Å². The maximum absolute atomic E-state index is 13.7. The van der Waals surface area contributed by atoms with Crippen molar-refractivity contribution in [1.82, 2.24) is 4.90 Å². The second-order valence-corrected chi connectivity index (χ2v) is 5.95. The first-order valence-electron chi connectivity index (χ1n) is 8.04. The van der Waals surface area contributed by atoms with E-state index in [0.717, 1.165) is 10.5 Å². The van der Waals surface area contributed by atoms with Crippen LogP contribution in [0.5, 0.6) is 0 Å². The topological polar surface area (TPSA) is 46.6 Å². The minimum absolute atomic E-state index is 0.0875. The largest absolute Gasteiger partial charge is 0.447 e. The molecule has 0 bridgehead atoms. The molecule has 28 heavy (non-hydrogen) atoms. The highest BCUT2D eigenvalue weighted by Gasteiger charge is 2.37. The Kier molecular flexibility index (Phi) is 5.43. The van der Waals surface area contributed by atoms with Gasteiger partial charge in [-0.15, -0.1) is 0 Å². The van der Waals surface area contributed by atoms with Crippen LogP contribution in [-0.2, 0) is 16.0 Å². The van der Waals surface area contributed by atoms with Gasteiger partial charge in [-0.05, 0) is 18.1 Å². The van der Waals surface area contributed by atoms with Gasteiger partial charge in [-0.3, -0.25) is 4.79 Å². The zero-order valence-corrected chi connectivity index (χ0v) is 14.1. The van der Waals surface area contributed by atoms with E-state index in [-0.39, 0.29) is 13.0 Å². The molecule has 1 fully saturated rings. The summed E-state index contributed by atoms with van der Waals surface area (Å²) in [6.45, 7) is -0.0875. The van der Waals surface area contributed by atoms with Crippen molar-refractivity contribution in [1.29, 1.82) is 0 Å². The normalized spacial score (nSPS) is 16.7. The van der Waals surface area contributed by atoms with Crippen molar-refractivity contribution in [2.24, 2.45) is 0 Å². The fourth-order valence-corrected chi connectivity index (χ4v) is 2.77. The van der Waals surface area contributed by atoms with Gasteiger partial charge in [0, 0.05) is 6.08 Å². The van der Waals surface area contributed by atoms with Gasteiger partial charge in [0.1, 0.15) is 6.61 Å². The second kappa shape index (κ2) is 7.79. The van der Waals surface area contributed by atoms with Gasteiger partial charge in [-0.1, -0.05) is 30.3 Å². The van der Waals surface area contributed by atoms with Crippen LogP contribution < -0.4 is 0 Å². The molecule has 0 N–H and O–H groups in total. The van der Waals surface area contributed by atoms with E-state index in [0.29, 0.717) is 12.2 Å². The average Bonchev–Trinajstić information content (AvgIpc) is 3.05. The monoisotopic (exact) mass is 397 g/mol. The molecule has 146 valence electrons. The maximum Gasteiger partial charge on any atom is 0.417 e. The van der Waals surface area contributed by atoms with Crippen molar-refractivity contribution in [2.45, 2.75) is 12.5 Å². The first-order valence-corrected chi connectivity index (χ1v) is 8.04. The van der Waals surface area contributed by atoms with Crippen LogP contribution in [0.15, 0.2) is 36.4 Å². The number of halogens is 5. The fraction of sp³-hybridized carbons (Fsp3) is 0.158. The fourth-order valence-electron chi connectivity index (χ4n) is 2.77. The Morgan fingerprint density at radius 3 is 2.18 bits per heavy atom. The highest BCUT2D eigenvalue weighted by atomic mass is 19.2. The molecule has 1 saturated heterocycles. The van der Waals surface area contributed by atoms with Gasteiger partial charge in [0.25, 0.3) is 5.91 Å². The van der Waals surface area contributed by atoms with Crippen molar-refractivity contribution in [2.75, 3.05) is 6.61 Å². The molecule has 2 aromatic carbocycles. The Balaban J connectivity index is 1.84. The molecule has 0 spiro atoms. The standard InChI is InChI=1S/C19H12F5NO3/c20-14-12(15(21)17(23)18(24)16(14)22)6-7-13(26)25-11(9-28-19(25)27)8-10-4-2-1-3-5-10/h1-7,11H,8-9H2/b7-6+/t11-/m1/s1. The lowest BCUT2D eigenvalue weighted by Crippen LogP contribution is -2.39. The number of carbonyl (C=O) groups excluding carboxylic acids is 2. The molecule has 1 aliphatic heterocycles. The molecule has 0 unspecified atom stereocenters. The lowest BCUT2D eigenvalue weighted by Gasteiger charge is -2.18. The molecule has 1 atom stereocenters. The number of nitrogens with zero attached hydrogens (tertiary/aromatic N) is 1. The van der Waals surface area contributed by atoms with E-state index in [1.807, 2.05) is 0 Å². The summed E-state index contributed by atoms with van der Waals surface area (Å²) in [5, 5.41) is 0. The van der Waals surface area contributed by atoms with Crippen LogP contribution in [0.2, 0.25) is 0 Å². The van der Waals surface area contributed by atoms with Crippen molar-refractivity contribution in [3.8, 4) is 0 Å². The first kappa shape index (κ1) is 19.5. The van der Waals surface area contributed by atoms with Crippen molar-refractivity contribution >= 4 is 18.1 Å². The third-order valence-electron chi connectivity index (χ3n) is 4.15. The highest BCUT2D eigenvalue weighted by Crippen LogP contribution is 2.24. The van der Waals surface area contributed by atoms with Gasteiger partial charge >= 0.3 is 6.09 Å². The van der Waals surface area contributed by atoms with Gasteiger partial charge in [0.2, 0.25) is 5.82 Å². The molecule has 0 aliphatic carbocycles. The summed E-state index contributed by atoms with van der Waals surface area (Å²) >= 11 is 0. The number of hydrogen-bond acceptors (Lipinski definition) is 3. The maximum atomic E-state index is 13.7. The van der Waals surface area contributed by atoms with E-state index < -0.39 is 52.7 Å². The van der Waals surface area contributed by atoms with E-state index >= 15 is 0 Å². The lowest BCUT2D eigenvalue weighted by atomic mass is 10.1. The molecule has 1 heterocycles. The molecule has 0 aromatic heterocycles. The molecule has 0 saturated carbocycles. The van der Waals surface area contributed by atoms with E-state index in [1.165, 1.54) is 0 Å². The van der Waals surface area contributed by atoms with Crippen molar-refractivity contribution in [3.63, 3.8) is 0 Å². The quantitative estimate of drug-likeness (QED) is 0.339. The molecule has 2 amide bonds. The molecule has 3 rings (SSSR count). The van der Waals surface area contributed by atoms with Crippen LogP contribution in [0.3, 0.4) is 0 Å². The number of cyclic esters (lactones) is 1. The molecule has 4 nitrogen and oxygen atoms in total. The Bertz CT molecular complexity index is 933. The lowest BCUT2D eigenvalue weighted by molar-refractivity contribution is -0.124. The summed E-state index contributed by atoms with van der Waals surface area (Å²) in [5.74, 6) is -11.7. The van der Waals surface area contributed by atoms with Gasteiger partial charge < -0.3 is 4.74 Å². The zero-order valence-electron chi connectivity index (χ0n) is 14.1.